The smallest absolute Gasteiger partial charge is 0.0923 e. The highest BCUT2D eigenvalue weighted by molar-refractivity contribution is 5.86. The van der Waals surface area contributed by atoms with E-state index in [9.17, 15) is 0 Å². The van der Waals surface area contributed by atoms with E-state index in [1.165, 1.54) is 16.3 Å². The van der Waals surface area contributed by atoms with Crippen LogP contribution >= 0.6 is 0 Å². The SMILES string of the molecule is Cn1ccc(-c2ccc3ccccc3c2)n1. The first-order valence-electron chi connectivity index (χ1n) is 5.32. The molecule has 2 nitrogen and oxygen atoms in total. The van der Waals surface area contributed by atoms with Crippen molar-refractivity contribution in [3.05, 3.63) is 54.7 Å². The molecule has 0 aliphatic carbocycles. The summed E-state index contributed by atoms with van der Waals surface area (Å²) in [6.07, 6.45) is 1.96. The first-order chi connectivity index (χ1) is 7.83. The first kappa shape index (κ1) is 9.16. The first-order valence-corrected chi connectivity index (χ1v) is 5.32. The minimum atomic E-state index is 1.02. The van der Waals surface area contributed by atoms with Gasteiger partial charge in [-0.1, -0.05) is 36.4 Å². The summed E-state index contributed by atoms with van der Waals surface area (Å²) >= 11 is 0. The van der Waals surface area contributed by atoms with Crippen LogP contribution < -0.4 is 0 Å². The van der Waals surface area contributed by atoms with Gasteiger partial charge in [-0.25, -0.2) is 0 Å². The number of hydrogen-bond acceptors (Lipinski definition) is 1. The number of fused-ring (bicyclic) bond motifs is 1. The van der Waals surface area contributed by atoms with Gasteiger partial charge >= 0.3 is 0 Å². The molecule has 0 bridgehead atoms. The van der Waals surface area contributed by atoms with Gasteiger partial charge in [0.25, 0.3) is 0 Å². The summed E-state index contributed by atoms with van der Waals surface area (Å²) in [5.74, 6) is 0. The molecule has 2 heteroatoms. The van der Waals surface area contributed by atoms with E-state index in [4.69, 9.17) is 0 Å². The average Bonchev–Trinajstić information content (AvgIpc) is 2.75. The summed E-state index contributed by atoms with van der Waals surface area (Å²) < 4.78 is 1.82. The fourth-order valence-electron chi connectivity index (χ4n) is 1.92. The highest BCUT2D eigenvalue weighted by atomic mass is 15.2. The van der Waals surface area contributed by atoms with E-state index in [1.807, 2.05) is 24.0 Å². The van der Waals surface area contributed by atoms with Gasteiger partial charge in [-0.2, -0.15) is 5.10 Å². The molecule has 0 spiro atoms. The molecule has 3 rings (SSSR count). The molecule has 78 valence electrons. The number of rotatable bonds is 1. The van der Waals surface area contributed by atoms with Gasteiger partial charge in [0.2, 0.25) is 0 Å². The van der Waals surface area contributed by atoms with Gasteiger partial charge in [-0.3, -0.25) is 4.68 Å². The molecule has 0 N–H and O–H groups in total. The Hall–Kier alpha value is -2.09. The van der Waals surface area contributed by atoms with Gasteiger partial charge in [-0.05, 0) is 22.9 Å². The topological polar surface area (TPSA) is 17.8 Å². The highest BCUT2D eigenvalue weighted by Gasteiger charge is 2.01. The van der Waals surface area contributed by atoms with Crippen molar-refractivity contribution in [2.45, 2.75) is 0 Å². The zero-order chi connectivity index (χ0) is 11.0. The van der Waals surface area contributed by atoms with E-state index in [1.54, 1.807) is 0 Å². The largest absolute Gasteiger partial charge is 0.275 e. The lowest BCUT2D eigenvalue weighted by Crippen LogP contribution is -1.87. The molecule has 0 atom stereocenters. The Morgan fingerprint density at radius 1 is 0.938 bits per heavy atom. The van der Waals surface area contributed by atoms with Crippen LogP contribution in [0.3, 0.4) is 0 Å². The van der Waals surface area contributed by atoms with Crippen LogP contribution in [0.1, 0.15) is 0 Å². The maximum absolute atomic E-state index is 4.40. The zero-order valence-electron chi connectivity index (χ0n) is 9.09. The minimum Gasteiger partial charge on any atom is -0.275 e. The van der Waals surface area contributed by atoms with Gasteiger partial charge in [0.15, 0.2) is 0 Å². The number of aryl methyl sites for hydroxylation is 1. The van der Waals surface area contributed by atoms with Gasteiger partial charge in [0.05, 0.1) is 5.69 Å². The quantitative estimate of drug-likeness (QED) is 0.600. The van der Waals surface area contributed by atoms with E-state index in [2.05, 4.69) is 47.6 Å². The summed E-state index contributed by atoms with van der Waals surface area (Å²) in [7, 11) is 1.94. The molecule has 3 aromatic rings. The molecule has 2 aromatic carbocycles. The van der Waals surface area contributed by atoms with Gasteiger partial charge < -0.3 is 0 Å². The monoisotopic (exact) mass is 208 g/mol. The van der Waals surface area contributed by atoms with Gasteiger partial charge in [0, 0.05) is 18.8 Å². The van der Waals surface area contributed by atoms with Crippen molar-refractivity contribution in [3.8, 4) is 11.3 Å². The van der Waals surface area contributed by atoms with Crippen LogP contribution in [0, 0.1) is 0 Å². The molecular weight excluding hydrogens is 196 g/mol. The van der Waals surface area contributed by atoms with Gasteiger partial charge in [0.1, 0.15) is 0 Å². The molecule has 0 saturated carbocycles. The van der Waals surface area contributed by atoms with Crippen molar-refractivity contribution in [3.63, 3.8) is 0 Å². The molecule has 0 aliphatic heterocycles. The summed E-state index contributed by atoms with van der Waals surface area (Å²) in [5, 5.41) is 6.93. The van der Waals surface area contributed by atoms with Crippen molar-refractivity contribution in [2.75, 3.05) is 0 Å². The van der Waals surface area contributed by atoms with Gasteiger partial charge in [-0.15, -0.1) is 0 Å². The van der Waals surface area contributed by atoms with Crippen LogP contribution in [-0.4, -0.2) is 9.78 Å². The predicted molar refractivity (Wildman–Crippen MR) is 66.2 cm³/mol. The molecule has 0 fully saturated rings. The molecule has 0 unspecified atom stereocenters. The third kappa shape index (κ3) is 1.48. The molecule has 0 saturated heterocycles. The fraction of sp³-hybridized carbons (Fsp3) is 0.0714. The number of hydrogen-bond donors (Lipinski definition) is 0. The maximum Gasteiger partial charge on any atom is 0.0923 e. The Morgan fingerprint density at radius 2 is 1.75 bits per heavy atom. The Balaban J connectivity index is 2.18. The third-order valence-corrected chi connectivity index (χ3v) is 2.76. The van der Waals surface area contributed by atoms with Crippen LogP contribution in [0.4, 0.5) is 0 Å². The van der Waals surface area contributed by atoms with E-state index >= 15 is 0 Å². The van der Waals surface area contributed by atoms with Crippen LogP contribution in [0.15, 0.2) is 54.7 Å². The average molecular weight is 208 g/mol. The Kier molecular flexibility index (Phi) is 2.00. The molecular formula is C14H12N2. The summed E-state index contributed by atoms with van der Waals surface area (Å²) in [5.41, 5.74) is 2.19. The van der Waals surface area contributed by atoms with E-state index in [-0.39, 0.29) is 0 Å². The fourth-order valence-corrected chi connectivity index (χ4v) is 1.92. The molecule has 1 heterocycles. The van der Waals surface area contributed by atoms with Crippen LogP contribution in [-0.2, 0) is 7.05 Å². The van der Waals surface area contributed by atoms with Crippen molar-refractivity contribution in [2.24, 2.45) is 7.05 Å². The third-order valence-electron chi connectivity index (χ3n) is 2.76. The molecule has 0 aliphatic rings. The highest BCUT2D eigenvalue weighted by Crippen LogP contribution is 2.22. The van der Waals surface area contributed by atoms with Crippen molar-refractivity contribution >= 4 is 10.8 Å². The van der Waals surface area contributed by atoms with Crippen LogP contribution in [0.5, 0.6) is 0 Å². The standard InChI is InChI=1S/C14H12N2/c1-16-9-8-14(15-16)13-7-6-11-4-2-3-5-12(11)10-13/h2-10H,1H3. The number of benzene rings is 2. The number of aromatic nitrogens is 2. The molecule has 1 aromatic heterocycles. The zero-order valence-corrected chi connectivity index (χ0v) is 9.09. The lowest BCUT2D eigenvalue weighted by Gasteiger charge is -2.00. The second-order valence-corrected chi connectivity index (χ2v) is 3.94. The molecule has 16 heavy (non-hydrogen) atoms. The van der Waals surface area contributed by atoms with Crippen molar-refractivity contribution in [1.82, 2.24) is 9.78 Å². The molecule has 0 amide bonds. The Labute approximate surface area is 94.1 Å². The number of nitrogens with zero attached hydrogens (tertiary/aromatic N) is 2. The minimum absolute atomic E-state index is 1.02. The molecule has 0 radical (unpaired) electrons. The predicted octanol–water partition coefficient (Wildman–Crippen LogP) is 3.24. The Bertz CT molecular complexity index is 638. The van der Waals surface area contributed by atoms with Crippen LogP contribution in [0.2, 0.25) is 0 Å². The lowest BCUT2D eigenvalue weighted by atomic mass is 10.1. The summed E-state index contributed by atoms with van der Waals surface area (Å²) in [6.45, 7) is 0. The second-order valence-electron chi connectivity index (χ2n) is 3.94. The van der Waals surface area contributed by atoms with E-state index < -0.39 is 0 Å². The Morgan fingerprint density at radius 3 is 2.50 bits per heavy atom. The second kappa shape index (κ2) is 3.49. The lowest BCUT2D eigenvalue weighted by molar-refractivity contribution is 0.771. The van der Waals surface area contributed by atoms with Crippen molar-refractivity contribution in [1.29, 1.82) is 0 Å². The van der Waals surface area contributed by atoms with E-state index in [0.717, 1.165) is 5.69 Å². The van der Waals surface area contributed by atoms with Crippen LogP contribution in [0.25, 0.3) is 22.0 Å². The maximum atomic E-state index is 4.40. The summed E-state index contributed by atoms with van der Waals surface area (Å²) in [4.78, 5) is 0. The van der Waals surface area contributed by atoms with E-state index in [0.29, 0.717) is 0 Å². The summed E-state index contributed by atoms with van der Waals surface area (Å²) in [6, 6.07) is 16.8. The normalized spacial score (nSPS) is 10.8. The van der Waals surface area contributed by atoms with Crippen molar-refractivity contribution < 1.29 is 0 Å².